The summed E-state index contributed by atoms with van der Waals surface area (Å²) in [6, 6.07) is 11.7. The van der Waals surface area contributed by atoms with Crippen LogP contribution in [0.25, 0.3) is 11.4 Å². The van der Waals surface area contributed by atoms with Gasteiger partial charge in [-0.2, -0.15) is 0 Å². The van der Waals surface area contributed by atoms with Crippen molar-refractivity contribution < 1.29 is 13.9 Å². The van der Waals surface area contributed by atoms with Crippen molar-refractivity contribution in [3.05, 3.63) is 53.3 Å². The molecule has 30 heavy (non-hydrogen) atoms. The Morgan fingerprint density at radius 2 is 1.97 bits per heavy atom. The van der Waals surface area contributed by atoms with Crippen LogP contribution in [0.1, 0.15) is 13.8 Å². The first kappa shape index (κ1) is 22.1. The number of nitrogens with one attached hydrogen (secondary N) is 1. The van der Waals surface area contributed by atoms with Crippen molar-refractivity contribution in [2.45, 2.75) is 25.5 Å². The highest BCUT2D eigenvalue weighted by Crippen LogP contribution is 2.27. The molecule has 0 aliphatic carbocycles. The molecule has 0 aliphatic heterocycles. The van der Waals surface area contributed by atoms with Crippen LogP contribution >= 0.6 is 23.4 Å². The van der Waals surface area contributed by atoms with Crippen LogP contribution < -0.4 is 10.1 Å². The van der Waals surface area contributed by atoms with Crippen molar-refractivity contribution in [1.29, 1.82) is 0 Å². The zero-order valence-corrected chi connectivity index (χ0v) is 18.4. The van der Waals surface area contributed by atoms with Crippen LogP contribution in [0.5, 0.6) is 5.75 Å². The number of ether oxygens (including phenoxy) is 1. The number of aromatic nitrogens is 3. The summed E-state index contributed by atoms with van der Waals surface area (Å²) < 4.78 is 21.1. The molecule has 0 saturated heterocycles. The number of anilines is 1. The maximum absolute atomic E-state index is 13.9. The monoisotopic (exact) mass is 448 g/mol. The SMILES string of the molecule is COc1ccc(-c2nnc(SCC(=O)Nc3ccc(Cl)cc3F)n2CC(C)C)cc1. The van der Waals surface area contributed by atoms with E-state index in [0.29, 0.717) is 17.6 Å². The van der Waals surface area contributed by atoms with Crippen LogP contribution in [0.2, 0.25) is 5.02 Å². The van der Waals surface area contributed by atoms with Gasteiger partial charge in [-0.25, -0.2) is 4.39 Å². The first-order chi connectivity index (χ1) is 14.4. The quantitative estimate of drug-likeness (QED) is 0.483. The molecule has 0 fully saturated rings. The first-order valence-corrected chi connectivity index (χ1v) is 10.7. The number of carbonyl (C=O) groups is 1. The van der Waals surface area contributed by atoms with E-state index in [1.165, 1.54) is 23.9 Å². The number of rotatable bonds is 8. The van der Waals surface area contributed by atoms with Gasteiger partial charge in [0.25, 0.3) is 0 Å². The summed E-state index contributed by atoms with van der Waals surface area (Å²) in [7, 11) is 1.62. The van der Waals surface area contributed by atoms with E-state index in [1.807, 2.05) is 28.8 Å². The summed E-state index contributed by atoms with van der Waals surface area (Å²) in [5.74, 6) is 0.986. The van der Waals surface area contributed by atoms with Crippen molar-refractivity contribution in [3.8, 4) is 17.1 Å². The Morgan fingerprint density at radius 3 is 2.60 bits per heavy atom. The Labute approximate surface area is 183 Å². The molecular formula is C21H22ClFN4O2S. The van der Waals surface area contributed by atoms with E-state index in [2.05, 4.69) is 29.4 Å². The molecule has 0 spiro atoms. The van der Waals surface area contributed by atoms with E-state index < -0.39 is 5.82 Å². The van der Waals surface area contributed by atoms with Gasteiger partial charge in [0.2, 0.25) is 5.91 Å². The van der Waals surface area contributed by atoms with Crippen LogP contribution in [0.15, 0.2) is 47.6 Å². The lowest BCUT2D eigenvalue weighted by Crippen LogP contribution is -2.16. The normalized spacial score (nSPS) is 11.0. The van der Waals surface area contributed by atoms with Crippen molar-refractivity contribution >= 4 is 35.0 Å². The minimum absolute atomic E-state index is 0.0703. The fraction of sp³-hybridized carbons (Fsp3) is 0.286. The molecule has 1 heterocycles. The molecule has 1 amide bonds. The number of halogens is 2. The molecule has 3 aromatic rings. The average Bonchev–Trinajstić information content (AvgIpc) is 3.10. The van der Waals surface area contributed by atoms with E-state index in [1.54, 1.807) is 7.11 Å². The zero-order chi connectivity index (χ0) is 21.7. The highest BCUT2D eigenvalue weighted by atomic mass is 35.5. The smallest absolute Gasteiger partial charge is 0.234 e. The largest absolute Gasteiger partial charge is 0.497 e. The van der Waals surface area contributed by atoms with Gasteiger partial charge in [-0.1, -0.05) is 37.2 Å². The topological polar surface area (TPSA) is 69.0 Å². The van der Waals surface area contributed by atoms with E-state index in [0.717, 1.165) is 23.2 Å². The molecule has 0 radical (unpaired) electrons. The Morgan fingerprint density at radius 1 is 1.23 bits per heavy atom. The van der Waals surface area contributed by atoms with E-state index in [9.17, 15) is 9.18 Å². The third kappa shape index (κ3) is 5.52. The summed E-state index contributed by atoms with van der Waals surface area (Å²) >= 11 is 6.99. The number of thioether (sulfide) groups is 1. The molecule has 1 aromatic heterocycles. The highest BCUT2D eigenvalue weighted by Gasteiger charge is 2.17. The summed E-state index contributed by atoms with van der Waals surface area (Å²) in [6.07, 6.45) is 0. The molecule has 9 heteroatoms. The standard InChI is InChI=1S/C21H22ClFN4O2S/c1-13(2)11-27-20(14-4-7-16(29-3)8-5-14)25-26-21(27)30-12-19(28)24-18-9-6-15(22)10-17(18)23/h4-10,13H,11-12H2,1-3H3,(H,24,28). The molecule has 158 valence electrons. The van der Waals surface area contributed by atoms with E-state index >= 15 is 0 Å². The van der Waals surface area contributed by atoms with Crippen LogP contribution in [0.3, 0.4) is 0 Å². The molecule has 6 nitrogen and oxygen atoms in total. The minimum Gasteiger partial charge on any atom is -0.497 e. The second-order valence-electron chi connectivity index (χ2n) is 7.00. The van der Waals surface area contributed by atoms with Crippen LogP contribution in [0.4, 0.5) is 10.1 Å². The number of hydrogen-bond acceptors (Lipinski definition) is 5. The predicted molar refractivity (Wildman–Crippen MR) is 118 cm³/mol. The fourth-order valence-electron chi connectivity index (χ4n) is 2.79. The van der Waals surface area contributed by atoms with Crippen LogP contribution in [0, 0.1) is 11.7 Å². The fourth-order valence-corrected chi connectivity index (χ4v) is 3.69. The van der Waals surface area contributed by atoms with Gasteiger partial charge < -0.3 is 14.6 Å². The molecule has 0 bridgehead atoms. The Hall–Kier alpha value is -2.58. The number of nitrogens with zero attached hydrogens (tertiary/aromatic N) is 3. The molecule has 0 aliphatic rings. The molecule has 0 atom stereocenters. The number of amides is 1. The number of benzene rings is 2. The second kappa shape index (κ2) is 9.95. The predicted octanol–water partition coefficient (Wildman–Crippen LogP) is 5.13. The summed E-state index contributed by atoms with van der Waals surface area (Å²) in [4.78, 5) is 12.3. The van der Waals surface area contributed by atoms with Gasteiger partial charge in [-0.3, -0.25) is 4.79 Å². The Bertz CT molecular complexity index is 1020. The van der Waals surface area contributed by atoms with Crippen LogP contribution in [-0.2, 0) is 11.3 Å². The first-order valence-electron chi connectivity index (χ1n) is 9.32. The Kier molecular flexibility index (Phi) is 7.33. The zero-order valence-electron chi connectivity index (χ0n) is 16.9. The Balaban J connectivity index is 1.74. The minimum atomic E-state index is -0.578. The van der Waals surface area contributed by atoms with Crippen molar-refractivity contribution in [1.82, 2.24) is 14.8 Å². The van der Waals surface area contributed by atoms with Gasteiger partial charge in [0, 0.05) is 17.1 Å². The summed E-state index contributed by atoms with van der Waals surface area (Å²) in [6.45, 7) is 4.90. The number of hydrogen-bond donors (Lipinski definition) is 1. The maximum Gasteiger partial charge on any atom is 0.234 e. The number of carbonyl (C=O) groups excluding carboxylic acids is 1. The average molecular weight is 449 g/mol. The van der Waals surface area contributed by atoms with Crippen molar-refractivity contribution in [2.75, 3.05) is 18.2 Å². The molecular weight excluding hydrogens is 427 g/mol. The molecule has 0 saturated carbocycles. The summed E-state index contributed by atoms with van der Waals surface area (Å²) in [5, 5.41) is 12.0. The van der Waals surface area contributed by atoms with Gasteiger partial charge in [0.05, 0.1) is 18.6 Å². The van der Waals surface area contributed by atoms with Gasteiger partial charge in [-0.05, 0) is 48.4 Å². The second-order valence-corrected chi connectivity index (χ2v) is 8.38. The van der Waals surface area contributed by atoms with Crippen LogP contribution in [-0.4, -0.2) is 33.5 Å². The van der Waals surface area contributed by atoms with Crippen molar-refractivity contribution in [3.63, 3.8) is 0 Å². The van der Waals surface area contributed by atoms with Crippen molar-refractivity contribution in [2.24, 2.45) is 5.92 Å². The number of methoxy groups -OCH3 is 1. The molecule has 1 N–H and O–H groups in total. The maximum atomic E-state index is 13.9. The molecule has 2 aromatic carbocycles. The lowest BCUT2D eigenvalue weighted by atomic mass is 10.2. The van der Waals surface area contributed by atoms with E-state index in [4.69, 9.17) is 16.3 Å². The van der Waals surface area contributed by atoms with Gasteiger partial charge >= 0.3 is 0 Å². The highest BCUT2D eigenvalue weighted by molar-refractivity contribution is 7.99. The lowest BCUT2D eigenvalue weighted by molar-refractivity contribution is -0.113. The molecule has 3 rings (SSSR count). The molecule has 0 unspecified atom stereocenters. The third-order valence-corrected chi connectivity index (χ3v) is 5.35. The van der Waals surface area contributed by atoms with E-state index in [-0.39, 0.29) is 22.4 Å². The van der Waals surface area contributed by atoms with Gasteiger partial charge in [0.1, 0.15) is 11.6 Å². The third-order valence-electron chi connectivity index (χ3n) is 4.15. The van der Waals surface area contributed by atoms with Gasteiger partial charge in [0.15, 0.2) is 11.0 Å². The summed E-state index contributed by atoms with van der Waals surface area (Å²) in [5.41, 5.74) is 0.996. The van der Waals surface area contributed by atoms with Gasteiger partial charge in [-0.15, -0.1) is 10.2 Å². The lowest BCUT2D eigenvalue weighted by Gasteiger charge is -2.13.